The molecule has 2 fully saturated rings. The maximum atomic E-state index is 14.9. The molecule has 1 aliphatic heterocycles. The highest BCUT2D eigenvalue weighted by Gasteiger charge is 2.29. The number of fused-ring (bicyclic) bond motifs is 1. The number of piperazine rings is 1. The molecular formula is C27H31BFN8. The lowest BCUT2D eigenvalue weighted by Gasteiger charge is -2.33. The van der Waals surface area contributed by atoms with Crippen molar-refractivity contribution in [3.05, 3.63) is 59.8 Å². The Labute approximate surface area is 217 Å². The van der Waals surface area contributed by atoms with Crippen molar-refractivity contribution in [2.24, 2.45) is 0 Å². The molecule has 0 bridgehead atoms. The number of anilines is 2. The van der Waals surface area contributed by atoms with Gasteiger partial charge in [0.2, 0.25) is 5.95 Å². The number of likely N-dealkylation sites (N-methyl/N-ethyl adjacent to an activating group) is 1. The van der Waals surface area contributed by atoms with Crippen molar-refractivity contribution in [2.45, 2.75) is 39.1 Å². The van der Waals surface area contributed by atoms with Crippen LogP contribution in [0, 0.1) is 5.82 Å². The molecule has 1 aliphatic carbocycles. The number of aromatic nitrogens is 5. The number of rotatable bonds is 8. The molecule has 10 heteroatoms. The number of benzene rings is 1. The first-order chi connectivity index (χ1) is 18.1. The van der Waals surface area contributed by atoms with Crippen LogP contribution < -0.4 is 5.32 Å². The second-order valence-electron chi connectivity index (χ2n) is 9.87. The smallest absolute Gasteiger partial charge is 0.276 e. The van der Waals surface area contributed by atoms with Gasteiger partial charge in [-0.05, 0) is 43.1 Å². The van der Waals surface area contributed by atoms with Crippen LogP contribution in [-0.4, -0.2) is 74.6 Å². The van der Waals surface area contributed by atoms with Gasteiger partial charge >= 0.3 is 0 Å². The Morgan fingerprint density at radius 1 is 1.03 bits per heavy atom. The minimum Gasteiger partial charge on any atom is -0.320 e. The number of hydrogen-bond donors (Lipinski definition) is 1. The summed E-state index contributed by atoms with van der Waals surface area (Å²) in [5, 5.41) is 8.87. The molecule has 2 aliphatic rings. The minimum absolute atomic E-state index is 0.261. The predicted octanol–water partition coefficient (Wildman–Crippen LogP) is 4.30. The highest BCUT2D eigenvalue weighted by molar-refractivity contribution is 6.31. The molecule has 0 unspecified atom stereocenters. The lowest BCUT2D eigenvalue weighted by atomic mass is 9.98. The zero-order valence-corrected chi connectivity index (χ0v) is 21.4. The van der Waals surface area contributed by atoms with E-state index in [9.17, 15) is 4.39 Å². The summed E-state index contributed by atoms with van der Waals surface area (Å²) in [7, 11) is 1.98. The van der Waals surface area contributed by atoms with E-state index in [-0.39, 0.29) is 5.69 Å². The molecule has 1 saturated heterocycles. The van der Waals surface area contributed by atoms with Gasteiger partial charge in [0.15, 0.2) is 5.82 Å². The molecule has 8 nitrogen and oxygen atoms in total. The number of nitrogens with zero attached hydrogens (tertiary/aromatic N) is 7. The number of hydrogen-bond acceptors (Lipinski definition) is 7. The van der Waals surface area contributed by atoms with Crippen LogP contribution in [0.4, 0.5) is 16.2 Å². The standard InChI is InChI=1S/C27H31BFN8/c1-3-35-10-12-36(13-11-35)17-18-4-9-24(30-15-18)32-27-31-16-22(29)25(33-27)20-7-8-23-21(14-20)26(19-5-6-19)37(28-2)34-23/h4,7-9,14-16,19H,3,5-6,10-13,17H2,1-2H3,(H,30,31,32,33). The van der Waals surface area contributed by atoms with Crippen LogP contribution in [-0.2, 0) is 6.54 Å². The Balaban J connectivity index is 1.19. The fourth-order valence-corrected chi connectivity index (χ4v) is 5.09. The second kappa shape index (κ2) is 10.2. The molecule has 0 atom stereocenters. The third-order valence-corrected chi connectivity index (χ3v) is 7.34. The van der Waals surface area contributed by atoms with Crippen LogP contribution in [0.5, 0.6) is 0 Å². The van der Waals surface area contributed by atoms with Crippen LogP contribution in [0.3, 0.4) is 0 Å². The highest BCUT2D eigenvalue weighted by Crippen LogP contribution is 2.43. The number of nitrogens with one attached hydrogen (secondary N) is 1. The van der Waals surface area contributed by atoms with Crippen molar-refractivity contribution in [3.8, 4) is 11.3 Å². The molecule has 3 aromatic heterocycles. The summed E-state index contributed by atoms with van der Waals surface area (Å²) in [6.45, 7) is 10.6. The SMILES string of the molecule is C[B]n1nc2ccc(-c3nc(Nc4ccc(CN5CCN(CC)CC5)cn4)ncc3F)cc2c1C1CC1. The van der Waals surface area contributed by atoms with Crippen LogP contribution in [0.25, 0.3) is 22.2 Å². The van der Waals surface area contributed by atoms with E-state index in [0.717, 1.165) is 63.0 Å². The third-order valence-electron chi connectivity index (χ3n) is 7.34. The third kappa shape index (κ3) is 5.08. The van der Waals surface area contributed by atoms with Crippen molar-refractivity contribution < 1.29 is 4.39 Å². The normalized spacial score (nSPS) is 16.8. The van der Waals surface area contributed by atoms with Gasteiger partial charge in [-0.3, -0.25) is 4.90 Å². The second-order valence-corrected chi connectivity index (χ2v) is 9.87. The summed E-state index contributed by atoms with van der Waals surface area (Å²) in [5.74, 6) is 0.994. The molecule has 1 radical (unpaired) electrons. The zero-order valence-electron chi connectivity index (χ0n) is 21.4. The summed E-state index contributed by atoms with van der Waals surface area (Å²) in [5.41, 5.74) is 4.24. The lowest BCUT2D eigenvalue weighted by Crippen LogP contribution is -2.45. The van der Waals surface area contributed by atoms with Gasteiger partial charge in [0.1, 0.15) is 11.5 Å². The molecule has 1 saturated carbocycles. The van der Waals surface area contributed by atoms with Gasteiger partial charge < -0.3 is 14.8 Å². The summed E-state index contributed by atoms with van der Waals surface area (Å²) < 4.78 is 16.8. The monoisotopic (exact) mass is 497 g/mol. The van der Waals surface area contributed by atoms with E-state index in [1.54, 1.807) is 0 Å². The Kier molecular flexibility index (Phi) is 6.60. The molecule has 4 heterocycles. The molecule has 1 N–H and O–H groups in total. The summed E-state index contributed by atoms with van der Waals surface area (Å²) in [6.07, 6.45) is 5.42. The molecule has 4 aromatic rings. The van der Waals surface area contributed by atoms with Crippen LogP contribution in [0.15, 0.2) is 42.7 Å². The van der Waals surface area contributed by atoms with Gasteiger partial charge in [-0.2, -0.15) is 5.10 Å². The van der Waals surface area contributed by atoms with Crippen LogP contribution in [0.2, 0.25) is 6.82 Å². The van der Waals surface area contributed by atoms with Crippen molar-refractivity contribution in [1.29, 1.82) is 0 Å². The Morgan fingerprint density at radius 2 is 1.84 bits per heavy atom. The van der Waals surface area contributed by atoms with Gasteiger partial charge in [0.25, 0.3) is 7.41 Å². The van der Waals surface area contributed by atoms with Gasteiger partial charge in [-0.15, -0.1) is 0 Å². The van der Waals surface area contributed by atoms with E-state index in [0.29, 0.717) is 23.2 Å². The van der Waals surface area contributed by atoms with E-state index in [2.05, 4.69) is 48.2 Å². The Morgan fingerprint density at radius 3 is 2.54 bits per heavy atom. The summed E-state index contributed by atoms with van der Waals surface area (Å²) >= 11 is 0. The number of pyridine rings is 1. The van der Waals surface area contributed by atoms with Gasteiger partial charge in [-0.1, -0.05) is 25.9 Å². The topological polar surface area (TPSA) is 75.0 Å². The van der Waals surface area contributed by atoms with E-state index < -0.39 is 5.82 Å². The Hall–Kier alpha value is -3.37. The first-order valence-corrected chi connectivity index (χ1v) is 13.1. The lowest BCUT2D eigenvalue weighted by molar-refractivity contribution is 0.132. The van der Waals surface area contributed by atoms with Crippen molar-refractivity contribution in [1.82, 2.24) is 34.4 Å². The largest absolute Gasteiger partial charge is 0.320 e. The van der Waals surface area contributed by atoms with Crippen molar-refractivity contribution >= 4 is 30.1 Å². The zero-order chi connectivity index (χ0) is 25.4. The first-order valence-electron chi connectivity index (χ1n) is 13.1. The molecule has 37 heavy (non-hydrogen) atoms. The van der Waals surface area contributed by atoms with E-state index >= 15 is 0 Å². The van der Waals surface area contributed by atoms with Crippen LogP contribution in [0.1, 0.15) is 36.9 Å². The maximum Gasteiger partial charge on any atom is 0.276 e. The quantitative estimate of drug-likeness (QED) is 0.364. The van der Waals surface area contributed by atoms with E-state index in [1.807, 2.05) is 49.3 Å². The Bertz CT molecular complexity index is 1390. The average Bonchev–Trinajstić information content (AvgIpc) is 3.70. The molecule has 189 valence electrons. The molecular weight excluding hydrogens is 466 g/mol. The predicted molar refractivity (Wildman–Crippen MR) is 145 cm³/mol. The highest BCUT2D eigenvalue weighted by atomic mass is 19.1. The van der Waals surface area contributed by atoms with Gasteiger partial charge in [0.05, 0.1) is 11.7 Å². The number of halogens is 1. The summed E-state index contributed by atoms with van der Waals surface area (Å²) in [6, 6.07) is 9.80. The molecule has 0 spiro atoms. The molecule has 6 rings (SSSR count). The van der Waals surface area contributed by atoms with Crippen LogP contribution >= 0.6 is 0 Å². The first kappa shape index (κ1) is 24.0. The fraction of sp³-hybridized carbons (Fsp3) is 0.407. The van der Waals surface area contributed by atoms with E-state index in [1.165, 1.54) is 17.5 Å². The van der Waals surface area contributed by atoms with Crippen molar-refractivity contribution in [3.63, 3.8) is 0 Å². The van der Waals surface area contributed by atoms with Crippen molar-refractivity contribution in [2.75, 3.05) is 38.0 Å². The van der Waals surface area contributed by atoms with Gasteiger partial charge in [0, 0.05) is 61.5 Å². The summed E-state index contributed by atoms with van der Waals surface area (Å²) in [4.78, 5) is 18.1. The average molecular weight is 497 g/mol. The molecule has 1 aromatic carbocycles. The fourth-order valence-electron chi connectivity index (χ4n) is 5.09. The van der Waals surface area contributed by atoms with Gasteiger partial charge in [-0.25, -0.2) is 19.3 Å². The maximum absolute atomic E-state index is 14.9. The van der Waals surface area contributed by atoms with E-state index in [4.69, 9.17) is 0 Å². The molecule has 0 amide bonds. The minimum atomic E-state index is -0.459.